The van der Waals surface area contributed by atoms with Crippen molar-refractivity contribution in [3.63, 3.8) is 0 Å². The maximum Gasteiger partial charge on any atom is 0.416 e. The summed E-state index contributed by atoms with van der Waals surface area (Å²) in [6.45, 7) is 6.78. The van der Waals surface area contributed by atoms with Gasteiger partial charge >= 0.3 is 18.3 Å². The van der Waals surface area contributed by atoms with Gasteiger partial charge < -0.3 is 14.4 Å². The Labute approximate surface area is 200 Å². The predicted molar refractivity (Wildman–Crippen MR) is 122 cm³/mol. The van der Waals surface area contributed by atoms with Crippen LogP contribution >= 0.6 is 0 Å². The molecule has 1 fully saturated rings. The van der Waals surface area contributed by atoms with E-state index in [1.54, 1.807) is 17.3 Å². The summed E-state index contributed by atoms with van der Waals surface area (Å²) in [7, 11) is 0. The number of halogens is 3. The highest BCUT2D eigenvalue weighted by atomic mass is 19.4. The minimum atomic E-state index is -4.46. The van der Waals surface area contributed by atoms with E-state index in [2.05, 4.69) is 15.0 Å². The van der Waals surface area contributed by atoms with Gasteiger partial charge in [-0.25, -0.2) is 14.8 Å². The Kier molecular flexibility index (Phi) is 6.64. The topological polar surface area (TPSA) is 77.4 Å². The van der Waals surface area contributed by atoms with Crippen molar-refractivity contribution < 1.29 is 27.4 Å². The molecule has 1 amide bonds. The van der Waals surface area contributed by atoms with Crippen molar-refractivity contribution in [1.29, 1.82) is 0 Å². The Morgan fingerprint density at radius 1 is 1.03 bits per heavy atom. The number of alkyl halides is 3. The Morgan fingerprint density at radius 3 is 2.40 bits per heavy atom. The Hall–Kier alpha value is -3.69. The first-order valence-corrected chi connectivity index (χ1v) is 11.1. The molecule has 2 aromatic heterocycles. The van der Waals surface area contributed by atoms with E-state index in [4.69, 9.17) is 9.47 Å². The van der Waals surface area contributed by atoms with Crippen LogP contribution in [0.4, 0.5) is 18.0 Å². The molecule has 1 aliphatic heterocycles. The molecule has 3 aromatic rings. The summed E-state index contributed by atoms with van der Waals surface area (Å²) in [5.74, 6) is 0.316. The van der Waals surface area contributed by atoms with E-state index < -0.39 is 17.3 Å². The molecule has 0 atom stereocenters. The van der Waals surface area contributed by atoms with Gasteiger partial charge in [0.15, 0.2) is 0 Å². The third kappa shape index (κ3) is 6.46. The first-order chi connectivity index (χ1) is 16.5. The van der Waals surface area contributed by atoms with E-state index in [1.165, 1.54) is 24.5 Å². The second kappa shape index (κ2) is 9.52. The van der Waals surface area contributed by atoms with Gasteiger partial charge in [-0.1, -0.05) is 6.07 Å². The normalized spacial score (nSPS) is 14.4. The van der Waals surface area contributed by atoms with Crippen molar-refractivity contribution in [3.8, 4) is 22.9 Å². The second-order valence-electron chi connectivity index (χ2n) is 9.42. The Morgan fingerprint density at radius 2 is 1.74 bits per heavy atom. The fourth-order valence-electron chi connectivity index (χ4n) is 3.62. The molecule has 35 heavy (non-hydrogen) atoms. The third-order valence-corrected chi connectivity index (χ3v) is 5.26. The average molecular weight is 486 g/mol. The van der Waals surface area contributed by atoms with Crippen LogP contribution in [0.3, 0.4) is 0 Å². The van der Waals surface area contributed by atoms with Crippen molar-refractivity contribution in [2.45, 2.75) is 39.0 Å². The van der Waals surface area contributed by atoms with Crippen molar-refractivity contribution in [3.05, 3.63) is 66.2 Å². The van der Waals surface area contributed by atoms with E-state index in [9.17, 15) is 18.0 Å². The lowest BCUT2D eigenvalue weighted by Gasteiger charge is -2.39. The molecule has 1 saturated heterocycles. The van der Waals surface area contributed by atoms with Crippen molar-refractivity contribution in [1.82, 2.24) is 19.9 Å². The number of nitrogens with zero attached hydrogens (tertiary/aromatic N) is 4. The van der Waals surface area contributed by atoms with E-state index >= 15 is 0 Å². The van der Waals surface area contributed by atoms with Crippen LogP contribution in [0, 0.1) is 5.92 Å². The predicted octanol–water partition coefficient (Wildman–Crippen LogP) is 5.76. The van der Waals surface area contributed by atoms with Crippen molar-refractivity contribution in [2.24, 2.45) is 5.92 Å². The molecule has 0 spiro atoms. The molecule has 0 unspecified atom stereocenters. The van der Waals surface area contributed by atoms with Crippen LogP contribution in [0.5, 0.6) is 11.8 Å². The lowest BCUT2D eigenvalue weighted by atomic mass is 9.92. The number of carbonyl (C=O) groups is 1. The van der Waals surface area contributed by atoms with Crippen LogP contribution in [-0.4, -0.2) is 44.6 Å². The first kappa shape index (κ1) is 24.4. The maximum absolute atomic E-state index is 12.9. The largest absolute Gasteiger partial charge is 0.444 e. The molecule has 7 nitrogen and oxygen atoms in total. The summed E-state index contributed by atoms with van der Waals surface area (Å²) in [5.41, 5.74) is 1.18. The summed E-state index contributed by atoms with van der Waals surface area (Å²) in [4.78, 5) is 26.3. The minimum Gasteiger partial charge on any atom is -0.444 e. The van der Waals surface area contributed by atoms with Crippen LogP contribution in [0.25, 0.3) is 11.1 Å². The zero-order valence-corrected chi connectivity index (χ0v) is 19.5. The van der Waals surface area contributed by atoms with E-state index in [1.807, 2.05) is 26.8 Å². The number of likely N-dealkylation sites (tertiary alicyclic amines) is 1. The van der Waals surface area contributed by atoms with Gasteiger partial charge in [-0.05, 0) is 62.9 Å². The highest BCUT2D eigenvalue weighted by Gasteiger charge is 2.33. The average Bonchev–Trinajstić information content (AvgIpc) is 2.75. The van der Waals surface area contributed by atoms with Crippen LogP contribution in [-0.2, 0) is 17.3 Å². The summed E-state index contributed by atoms with van der Waals surface area (Å²) in [6.07, 6.45) is 2.53. The summed E-state index contributed by atoms with van der Waals surface area (Å²) >= 11 is 0. The molecule has 0 N–H and O–H groups in total. The zero-order valence-electron chi connectivity index (χ0n) is 19.5. The van der Waals surface area contributed by atoms with Crippen LogP contribution in [0.15, 0.2) is 55.1 Å². The summed E-state index contributed by atoms with van der Waals surface area (Å²) < 4.78 is 49.4. The quantitative estimate of drug-likeness (QED) is 0.456. The number of aromatic nitrogens is 3. The molecule has 0 bridgehead atoms. The highest BCUT2D eigenvalue weighted by molar-refractivity contribution is 5.69. The second-order valence-corrected chi connectivity index (χ2v) is 9.42. The fraction of sp³-hybridized carbons (Fsp3) is 0.360. The van der Waals surface area contributed by atoms with Gasteiger partial charge in [-0.15, -0.1) is 0 Å². The number of rotatable bonds is 5. The molecule has 0 aliphatic carbocycles. The molecule has 1 aromatic carbocycles. The SMILES string of the molecule is CC(C)(C)OC(=O)N1CC(Cc2cncc(-c3cnc(Oc4cccc(C(F)(F)F)c4)nc3)c2)C1. The van der Waals surface area contributed by atoms with Crippen molar-refractivity contribution >= 4 is 6.09 Å². The molecular formula is C25H25F3N4O3. The van der Waals surface area contributed by atoms with Gasteiger partial charge in [-0.3, -0.25) is 4.98 Å². The molecule has 0 saturated carbocycles. The van der Waals surface area contributed by atoms with Crippen LogP contribution in [0.1, 0.15) is 31.9 Å². The van der Waals surface area contributed by atoms with Gasteiger partial charge in [-0.2, -0.15) is 13.2 Å². The van der Waals surface area contributed by atoms with E-state index in [0.29, 0.717) is 24.6 Å². The van der Waals surface area contributed by atoms with Crippen molar-refractivity contribution in [2.75, 3.05) is 13.1 Å². The number of amides is 1. The number of carbonyl (C=O) groups excluding carboxylic acids is 1. The Balaban J connectivity index is 1.36. The van der Waals surface area contributed by atoms with Gasteiger partial charge in [0.2, 0.25) is 0 Å². The fourth-order valence-corrected chi connectivity index (χ4v) is 3.62. The van der Waals surface area contributed by atoms with Gasteiger partial charge in [0.1, 0.15) is 11.4 Å². The number of benzene rings is 1. The van der Waals surface area contributed by atoms with Gasteiger partial charge in [0.25, 0.3) is 0 Å². The minimum absolute atomic E-state index is 0.00263. The molecule has 184 valence electrons. The number of hydrogen-bond acceptors (Lipinski definition) is 6. The van der Waals surface area contributed by atoms with E-state index in [-0.39, 0.29) is 17.9 Å². The number of pyridine rings is 1. The highest BCUT2D eigenvalue weighted by Crippen LogP contribution is 2.32. The standard InChI is InChI=1S/C25H25F3N4O3/c1-24(2,3)35-23(33)32-14-17(15-32)7-16-8-18(11-29-10-16)19-12-30-22(31-13-19)34-21-6-4-5-20(9-21)25(26,27)28/h4-6,8-13,17H,7,14-15H2,1-3H3. The van der Waals surface area contributed by atoms with Gasteiger partial charge in [0.05, 0.1) is 5.56 Å². The Bertz CT molecular complexity index is 1190. The van der Waals surface area contributed by atoms with Crippen LogP contribution in [0.2, 0.25) is 0 Å². The molecule has 3 heterocycles. The molecule has 1 aliphatic rings. The molecule has 0 radical (unpaired) electrons. The first-order valence-electron chi connectivity index (χ1n) is 11.1. The lowest BCUT2D eigenvalue weighted by Crippen LogP contribution is -2.52. The monoisotopic (exact) mass is 486 g/mol. The maximum atomic E-state index is 12.9. The molecule has 10 heteroatoms. The third-order valence-electron chi connectivity index (χ3n) is 5.26. The molecular weight excluding hydrogens is 461 g/mol. The van der Waals surface area contributed by atoms with Gasteiger partial charge in [0, 0.05) is 49.0 Å². The van der Waals surface area contributed by atoms with E-state index in [0.717, 1.165) is 29.7 Å². The number of hydrogen-bond donors (Lipinski definition) is 0. The van der Waals surface area contributed by atoms with Crippen LogP contribution < -0.4 is 4.74 Å². The molecule has 4 rings (SSSR count). The number of ether oxygens (including phenoxy) is 2. The summed E-state index contributed by atoms with van der Waals surface area (Å²) in [6, 6.07) is 6.46. The zero-order chi connectivity index (χ0) is 25.2. The summed E-state index contributed by atoms with van der Waals surface area (Å²) in [5, 5.41) is 0. The lowest BCUT2D eigenvalue weighted by molar-refractivity contribution is -0.137. The smallest absolute Gasteiger partial charge is 0.416 e.